The lowest BCUT2D eigenvalue weighted by atomic mass is 9.69. The van der Waals surface area contributed by atoms with Crippen LogP contribution in [0.15, 0.2) is 0 Å². The number of carbonyl (C=O) groups excluding carboxylic acids is 1. The first-order chi connectivity index (χ1) is 8.06. The van der Waals surface area contributed by atoms with Crippen LogP contribution in [0.2, 0.25) is 0 Å². The molecule has 2 rings (SSSR count). The van der Waals surface area contributed by atoms with E-state index in [-0.39, 0.29) is 18.7 Å². The Morgan fingerprint density at radius 3 is 2.53 bits per heavy atom. The highest BCUT2D eigenvalue weighted by Crippen LogP contribution is 2.42. The molecular formula is C13H21NO3. The van der Waals surface area contributed by atoms with Crippen LogP contribution < -0.4 is 0 Å². The monoisotopic (exact) mass is 239 g/mol. The Hall–Kier alpha value is -1.06. The Labute approximate surface area is 102 Å². The van der Waals surface area contributed by atoms with Gasteiger partial charge in [-0.05, 0) is 37.0 Å². The first kappa shape index (κ1) is 12.4. The predicted molar refractivity (Wildman–Crippen MR) is 63.4 cm³/mol. The molecule has 0 spiro atoms. The number of carbonyl (C=O) groups is 2. The predicted octanol–water partition coefficient (Wildman–Crippen LogP) is 1.75. The molecule has 1 unspecified atom stereocenters. The molecule has 0 bridgehead atoms. The van der Waals surface area contributed by atoms with E-state index < -0.39 is 5.97 Å². The fourth-order valence-electron chi connectivity index (χ4n) is 3.12. The largest absolute Gasteiger partial charge is 0.481 e. The van der Waals surface area contributed by atoms with Crippen molar-refractivity contribution in [3.05, 3.63) is 0 Å². The van der Waals surface area contributed by atoms with E-state index in [0.29, 0.717) is 5.92 Å². The van der Waals surface area contributed by atoms with E-state index in [9.17, 15) is 9.59 Å². The molecule has 1 aliphatic carbocycles. The molecule has 1 saturated carbocycles. The first-order valence-electron chi connectivity index (χ1n) is 6.56. The summed E-state index contributed by atoms with van der Waals surface area (Å²) in [7, 11) is 0. The molecule has 1 N–H and O–H groups in total. The van der Waals surface area contributed by atoms with Crippen molar-refractivity contribution >= 4 is 11.9 Å². The Morgan fingerprint density at radius 2 is 1.94 bits per heavy atom. The van der Waals surface area contributed by atoms with Gasteiger partial charge in [0.25, 0.3) is 0 Å². The molecule has 0 aromatic carbocycles. The van der Waals surface area contributed by atoms with Gasteiger partial charge in [-0.15, -0.1) is 0 Å². The summed E-state index contributed by atoms with van der Waals surface area (Å²) in [5.74, 6) is 1.46. The van der Waals surface area contributed by atoms with Crippen LogP contribution in [0.1, 0.15) is 39.0 Å². The molecule has 17 heavy (non-hydrogen) atoms. The molecule has 0 radical (unpaired) electrons. The van der Waals surface area contributed by atoms with Gasteiger partial charge >= 0.3 is 5.97 Å². The van der Waals surface area contributed by atoms with Gasteiger partial charge in [0, 0.05) is 19.5 Å². The number of likely N-dealkylation sites (tertiary alicyclic amines) is 1. The highest BCUT2D eigenvalue weighted by Gasteiger charge is 2.37. The van der Waals surface area contributed by atoms with Crippen LogP contribution in [0.4, 0.5) is 0 Å². The highest BCUT2D eigenvalue weighted by molar-refractivity contribution is 5.80. The molecule has 96 valence electrons. The minimum atomic E-state index is -0.887. The number of rotatable bonds is 4. The maximum absolute atomic E-state index is 11.8. The van der Waals surface area contributed by atoms with Crippen LogP contribution in [-0.4, -0.2) is 35.0 Å². The van der Waals surface area contributed by atoms with Crippen molar-refractivity contribution in [2.75, 3.05) is 13.1 Å². The third-order valence-electron chi connectivity index (χ3n) is 4.21. The van der Waals surface area contributed by atoms with Gasteiger partial charge in [0.15, 0.2) is 0 Å². The lowest BCUT2D eigenvalue weighted by molar-refractivity contribution is -0.140. The van der Waals surface area contributed by atoms with E-state index in [1.54, 1.807) is 0 Å². The quantitative estimate of drug-likeness (QED) is 0.813. The molecule has 0 aromatic rings. The molecule has 1 atom stereocenters. The van der Waals surface area contributed by atoms with Gasteiger partial charge in [-0.2, -0.15) is 0 Å². The summed E-state index contributed by atoms with van der Waals surface area (Å²) < 4.78 is 0. The van der Waals surface area contributed by atoms with Crippen molar-refractivity contribution < 1.29 is 14.7 Å². The minimum absolute atomic E-state index is 0.0160. The van der Waals surface area contributed by atoms with E-state index in [1.165, 1.54) is 12.8 Å². The summed E-state index contributed by atoms with van der Waals surface area (Å²) in [4.78, 5) is 24.0. The van der Waals surface area contributed by atoms with E-state index in [1.807, 2.05) is 4.90 Å². The third-order valence-corrected chi connectivity index (χ3v) is 4.21. The second-order valence-electron chi connectivity index (χ2n) is 5.62. The maximum atomic E-state index is 11.8. The fourth-order valence-corrected chi connectivity index (χ4v) is 3.12. The number of carboxylic acid groups (broad SMARTS) is 1. The number of hydrogen-bond acceptors (Lipinski definition) is 2. The molecule has 1 aliphatic heterocycles. The van der Waals surface area contributed by atoms with Gasteiger partial charge in [0.05, 0.1) is 6.42 Å². The molecule has 4 nitrogen and oxygen atoms in total. The van der Waals surface area contributed by atoms with E-state index in [4.69, 9.17) is 5.11 Å². The first-order valence-corrected chi connectivity index (χ1v) is 6.56. The molecule has 2 fully saturated rings. The molecule has 0 aromatic heterocycles. The van der Waals surface area contributed by atoms with Crippen molar-refractivity contribution in [2.45, 2.75) is 39.0 Å². The van der Waals surface area contributed by atoms with Gasteiger partial charge in [0.1, 0.15) is 0 Å². The van der Waals surface area contributed by atoms with Crippen molar-refractivity contribution in [2.24, 2.45) is 17.8 Å². The minimum Gasteiger partial charge on any atom is -0.481 e. The SMILES string of the molecule is CC1CC(C2CCN(C(=O)CCC(=O)O)C2)C1. The van der Waals surface area contributed by atoms with Crippen LogP contribution >= 0.6 is 0 Å². The maximum Gasteiger partial charge on any atom is 0.303 e. The van der Waals surface area contributed by atoms with Gasteiger partial charge in [0.2, 0.25) is 5.91 Å². The smallest absolute Gasteiger partial charge is 0.303 e. The Bertz CT molecular complexity index is 310. The van der Waals surface area contributed by atoms with Crippen LogP contribution in [0.25, 0.3) is 0 Å². The van der Waals surface area contributed by atoms with Gasteiger partial charge in [-0.25, -0.2) is 0 Å². The van der Waals surface area contributed by atoms with Crippen LogP contribution in [0, 0.1) is 17.8 Å². The normalized spacial score (nSPS) is 32.3. The summed E-state index contributed by atoms with van der Waals surface area (Å²) in [6, 6.07) is 0. The second kappa shape index (κ2) is 5.07. The number of nitrogens with zero attached hydrogens (tertiary/aromatic N) is 1. The van der Waals surface area contributed by atoms with E-state index in [2.05, 4.69) is 6.92 Å². The second-order valence-corrected chi connectivity index (χ2v) is 5.62. The zero-order chi connectivity index (χ0) is 12.4. The van der Waals surface area contributed by atoms with E-state index >= 15 is 0 Å². The van der Waals surface area contributed by atoms with Crippen molar-refractivity contribution in [1.82, 2.24) is 4.90 Å². The topological polar surface area (TPSA) is 57.6 Å². The molecule has 1 amide bonds. The molecule has 2 aliphatic rings. The average molecular weight is 239 g/mol. The molecule has 1 heterocycles. The molecule has 4 heteroatoms. The number of carboxylic acids is 1. The lowest BCUT2D eigenvalue weighted by Gasteiger charge is -2.37. The number of aliphatic carboxylic acids is 1. The lowest BCUT2D eigenvalue weighted by Crippen LogP contribution is -2.33. The zero-order valence-electron chi connectivity index (χ0n) is 10.4. The number of amides is 1. The van der Waals surface area contributed by atoms with Crippen LogP contribution in [0.3, 0.4) is 0 Å². The summed E-state index contributed by atoms with van der Waals surface area (Å²) in [5, 5.41) is 8.55. The van der Waals surface area contributed by atoms with Gasteiger partial charge in [-0.3, -0.25) is 9.59 Å². The van der Waals surface area contributed by atoms with Crippen LogP contribution in [0.5, 0.6) is 0 Å². The van der Waals surface area contributed by atoms with E-state index in [0.717, 1.165) is 31.3 Å². The molecule has 1 saturated heterocycles. The summed E-state index contributed by atoms with van der Waals surface area (Å²) >= 11 is 0. The van der Waals surface area contributed by atoms with Gasteiger partial charge < -0.3 is 10.0 Å². The highest BCUT2D eigenvalue weighted by atomic mass is 16.4. The Kier molecular flexibility index (Phi) is 3.69. The average Bonchev–Trinajstić information content (AvgIpc) is 2.70. The van der Waals surface area contributed by atoms with Gasteiger partial charge in [-0.1, -0.05) is 6.92 Å². The Morgan fingerprint density at radius 1 is 1.24 bits per heavy atom. The summed E-state index contributed by atoms with van der Waals surface area (Å²) in [6.45, 7) is 3.96. The summed E-state index contributed by atoms with van der Waals surface area (Å²) in [5.41, 5.74) is 0. The van der Waals surface area contributed by atoms with Crippen molar-refractivity contribution in [3.63, 3.8) is 0 Å². The van der Waals surface area contributed by atoms with Crippen LogP contribution in [-0.2, 0) is 9.59 Å². The number of hydrogen-bond donors (Lipinski definition) is 1. The standard InChI is InChI=1S/C13H21NO3/c1-9-6-11(7-9)10-4-5-14(8-10)12(15)2-3-13(16)17/h9-11H,2-8H2,1H3,(H,16,17). The summed E-state index contributed by atoms with van der Waals surface area (Å²) in [6.07, 6.45) is 3.84. The zero-order valence-corrected chi connectivity index (χ0v) is 10.4. The third kappa shape index (κ3) is 2.99. The Balaban J connectivity index is 1.73. The fraction of sp³-hybridized carbons (Fsp3) is 0.846. The van der Waals surface area contributed by atoms with Crippen molar-refractivity contribution in [3.8, 4) is 0 Å². The molecular weight excluding hydrogens is 218 g/mol. The van der Waals surface area contributed by atoms with Crippen molar-refractivity contribution in [1.29, 1.82) is 0 Å².